The second-order valence-corrected chi connectivity index (χ2v) is 6.15. The first-order valence-electron chi connectivity index (χ1n) is 8.77. The Morgan fingerprint density at radius 1 is 1.00 bits per heavy atom. The van der Waals surface area contributed by atoms with Gasteiger partial charge in [0, 0.05) is 5.70 Å². The molecule has 0 bridgehead atoms. The summed E-state index contributed by atoms with van der Waals surface area (Å²) in [6, 6.07) is 18.2. The van der Waals surface area contributed by atoms with Crippen LogP contribution in [0.25, 0.3) is 0 Å². The summed E-state index contributed by atoms with van der Waals surface area (Å²) < 4.78 is 10.9. The molecule has 2 aromatic carbocycles. The number of hydrogen-bond donors (Lipinski definition) is 2. The van der Waals surface area contributed by atoms with Gasteiger partial charge in [0.25, 0.3) is 0 Å². The molecule has 0 fully saturated rings. The SMILES string of the molecule is CC1=C(C(=O)OCCOCc2ccccc2)C(c2ccccc2)NC(=O)N1. The van der Waals surface area contributed by atoms with Crippen LogP contribution in [0.4, 0.5) is 4.79 Å². The van der Waals surface area contributed by atoms with Crippen LogP contribution in [-0.4, -0.2) is 25.2 Å². The molecule has 0 aliphatic carbocycles. The van der Waals surface area contributed by atoms with Crippen LogP contribution >= 0.6 is 0 Å². The molecule has 1 unspecified atom stereocenters. The third-order valence-corrected chi connectivity index (χ3v) is 4.19. The number of urea groups is 1. The number of rotatable bonds is 7. The standard InChI is InChI=1S/C21H22N2O4/c1-15-18(19(23-21(25)22-15)17-10-6-3-7-11-17)20(24)27-13-12-26-14-16-8-4-2-5-9-16/h2-11,19H,12-14H2,1H3,(H2,22,23,25). The Morgan fingerprint density at radius 2 is 1.67 bits per heavy atom. The molecule has 1 heterocycles. The van der Waals surface area contributed by atoms with Gasteiger partial charge in [0.15, 0.2) is 0 Å². The number of amides is 2. The van der Waals surface area contributed by atoms with Crippen molar-refractivity contribution in [1.29, 1.82) is 0 Å². The van der Waals surface area contributed by atoms with Gasteiger partial charge in [-0.05, 0) is 18.1 Å². The Morgan fingerprint density at radius 3 is 2.37 bits per heavy atom. The van der Waals surface area contributed by atoms with Crippen molar-refractivity contribution >= 4 is 12.0 Å². The molecule has 140 valence electrons. The zero-order valence-corrected chi connectivity index (χ0v) is 15.1. The van der Waals surface area contributed by atoms with E-state index < -0.39 is 12.0 Å². The maximum Gasteiger partial charge on any atom is 0.338 e. The van der Waals surface area contributed by atoms with E-state index in [4.69, 9.17) is 9.47 Å². The highest BCUT2D eigenvalue weighted by atomic mass is 16.6. The lowest BCUT2D eigenvalue weighted by Gasteiger charge is -2.28. The van der Waals surface area contributed by atoms with Crippen molar-refractivity contribution in [2.75, 3.05) is 13.2 Å². The Bertz CT molecular complexity index is 819. The number of esters is 1. The molecule has 0 radical (unpaired) electrons. The van der Waals surface area contributed by atoms with Crippen molar-refractivity contribution < 1.29 is 19.1 Å². The highest BCUT2D eigenvalue weighted by molar-refractivity contribution is 5.95. The van der Waals surface area contributed by atoms with Crippen molar-refractivity contribution in [2.24, 2.45) is 0 Å². The summed E-state index contributed by atoms with van der Waals surface area (Å²) in [5.41, 5.74) is 2.76. The molecule has 3 rings (SSSR count). The quantitative estimate of drug-likeness (QED) is 0.583. The fourth-order valence-electron chi connectivity index (χ4n) is 2.90. The Kier molecular flexibility index (Phi) is 6.22. The van der Waals surface area contributed by atoms with Gasteiger partial charge in [-0.25, -0.2) is 9.59 Å². The largest absolute Gasteiger partial charge is 0.460 e. The van der Waals surface area contributed by atoms with Gasteiger partial charge in [-0.3, -0.25) is 0 Å². The van der Waals surface area contributed by atoms with Crippen molar-refractivity contribution in [3.05, 3.63) is 83.1 Å². The van der Waals surface area contributed by atoms with Crippen molar-refractivity contribution in [2.45, 2.75) is 19.6 Å². The van der Waals surface area contributed by atoms with Crippen molar-refractivity contribution in [3.63, 3.8) is 0 Å². The van der Waals surface area contributed by atoms with Gasteiger partial charge in [-0.15, -0.1) is 0 Å². The number of allylic oxidation sites excluding steroid dienone is 1. The van der Waals surface area contributed by atoms with Gasteiger partial charge in [0.1, 0.15) is 6.61 Å². The van der Waals surface area contributed by atoms with E-state index in [0.29, 0.717) is 24.5 Å². The van der Waals surface area contributed by atoms with E-state index in [-0.39, 0.29) is 12.6 Å². The van der Waals surface area contributed by atoms with E-state index in [1.165, 1.54) is 0 Å². The molecular formula is C21H22N2O4. The topological polar surface area (TPSA) is 76.7 Å². The normalized spacial score (nSPS) is 16.5. The Labute approximate surface area is 158 Å². The number of carbonyl (C=O) groups excluding carboxylic acids is 2. The van der Waals surface area contributed by atoms with E-state index in [2.05, 4.69) is 10.6 Å². The molecule has 2 amide bonds. The average molecular weight is 366 g/mol. The van der Waals surface area contributed by atoms with E-state index in [0.717, 1.165) is 11.1 Å². The first kappa shape index (κ1) is 18.7. The minimum Gasteiger partial charge on any atom is -0.460 e. The molecule has 0 saturated heterocycles. The van der Waals surface area contributed by atoms with Crippen LogP contribution in [0.15, 0.2) is 71.9 Å². The third kappa shape index (κ3) is 4.95. The predicted molar refractivity (Wildman–Crippen MR) is 101 cm³/mol. The summed E-state index contributed by atoms with van der Waals surface area (Å²) in [7, 11) is 0. The van der Waals surface area contributed by atoms with Crippen LogP contribution in [-0.2, 0) is 20.9 Å². The molecule has 1 aliphatic rings. The molecule has 1 atom stereocenters. The van der Waals surface area contributed by atoms with E-state index in [9.17, 15) is 9.59 Å². The lowest BCUT2D eigenvalue weighted by atomic mass is 9.96. The van der Waals surface area contributed by atoms with Gasteiger partial charge < -0.3 is 20.1 Å². The Hall–Kier alpha value is -3.12. The molecule has 2 aromatic rings. The van der Waals surface area contributed by atoms with Crippen molar-refractivity contribution in [1.82, 2.24) is 10.6 Å². The molecule has 2 N–H and O–H groups in total. The number of carbonyl (C=O) groups is 2. The highest BCUT2D eigenvalue weighted by Gasteiger charge is 2.31. The molecule has 0 spiro atoms. The monoisotopic (exact) mass is 366 g/mol. The fraction of sp³-hybridized carbons (Fsp3) is 0.238. The molecule has 6 nitrogen and oxygen atoms in total. The minimum atomic E-state index is -0.544. The minimum absolute atomic E-state index is 0.137. The number of hydrogen-bond acceptors (Lipinski definition) is 4. The lowest BCUT2D eigenvalue weighted by Crippen LogP contribution is -2.45. The molecule has 0 saturated carbocycles. The summed E-state index contributed by atoms with van der Waals surface area (Å²) in [5.74, 6) is -0.475. The Balaban J connectivity index is 1.58. The maximum absolute atomic E-state index is 12.6. The summed E-state index contributed by atoms with van der Waals surface area (Å²) in [5, 5.41) is 5.41. The van der Waals surface area contributed by atoms with Crippen LogP contribution in [0, 0.1) is 0 Å². The van der Waals surface area contributed by atoms with Gasteiger partial charge in [0.05, 0.1) is 24.8 Å². The first-order valence-corrected chi connectivity index (χ1v) is 8.77. The van der Waals surface area contributed by atoms with Gasteiger partial charge in [0.2, 0.25) is 0 Å². The zero-order chi connectivity index (χ0) is 19.1. The second kappa shape index (κ2) is 9.00. The van der Waals surface area contributed by atoms with E-state index in [1.54, 1.807) is 6.92 Å². The predicted octanol–water partition coefficient (Wildman–Crippen LogP) is 3.07. The number of nitrogens with one attached hydrogen (secondary N) is 2. The molecule has 1 aliphatic heterocycles. The van der Waals surface area contributed by atoms with E-state index >= 15 is 0 Å². The van der Waals surface area contributed by atoms with Crippen LogP contribution in [0.1, 0.15) is 24.1 Å². The summed E-state index contributed by atoms with van der Waals surface area (Å²) in [4.78, 5) is 24.4. The van der Waals surface area contributed by atoms with Crippen LogP contribution in [0.3, 0.4) is 0 Å². The second-order valence-electron chi connectivity index (χ2n) is 6.15. The average Bonchev–Trinajstić information content (AvgIpc) is 2.68. The number of benzene rings is 2. The van der Waals surface area contributed by atoms with E-state index in [1.807, 2.05) is 60.7 Å². The fourth-order valence-corrected chi connectivity index (χ4v) is 2.90. The molecule has 6 heteroatoms. The molecule has 0 aromatic heterocycles. The lowest BCUT2D eigenvalue weighted by molar-refractivity contribution is -0.141. The summed E-state index contributed by atoms with van der Waals surface area (Å²) >= 11 is 0. The highest BCUT2D eigenvalue weighted by Crippen LogP contribution is 2.27. The number of ether oxygens (including phenoxy) is 2. The summed E-state index contributed by atoms with van der Waals surface area (Å²) in [6.07, 6.45) is 0. The van der Waals surface area contributed by atoms with Crippen LogP contribution < -0.4 is 10.6 Å². The van der Waals surface area contributed by atoms with Crippen LogP contribution in [0.5, 0.6) is 0 Å². The first-order chi connectivity index (χ1) is 13.1. The smallest absolute Gasteiger partial charge is 0.338 e. The zero-order valence-electron chi connectivity index (χ0n) is 15.1. The third-order valence-electron chi connectivity index (χ3n) is 4.19. The molecule has 27 heavy (non-hydrogen) atoms. The van der Waals surface area contributed by atoms with Crippen molar-refractivity contribution in [3.8, 4) is 0 Å². The van der Waals surface area contributed by atoms with Gasteiger partial charge in [-0.2, -0.15) is 0 Å². The summed E-state index contributed by atoms with van der Waals surface area (Å²) in [6.45, 7) is 2.59. The molecular weight excluding hydrogens is 344 g/mol. The van der Waals surface area contributed by atoms with Crippen LogP contribution in [0.2, 0.25) is 0 Å². The van der Waals surface area contributed by atoms with Gasteiger partial charge >= 0.3 is 12.0 Å². The maximum atomic E-state index is 12.6. The van der Waals surface area contributed by atoms with Gasteiger partial charge in [-0.1, -0.05) is 60.7 Å².